The normalized spacial score (nSPS) is 10.6. The summed E-state index contributed by atoms with van der Waals surface area (Å²) in [5.41, 5.74) is 0. The van der Waals surface area contributed by atoms with E-state index in [2.05, 4.69) is 27.9 Å². The van der Waals surface area contributed by atoms with Crippen molar-refractivity contribution in [1.29, 1.82) is 0 Å². The van der Waals surface area contributed by atoms with Crippen molar-refractivity contribution in [2.24, 2.45) is 5.92 Å². The third kappa shape index (κ3) is 5.75. The first-order valence-electron chi connectivity index (χ1n) is 2.82. The van der Waals surface area contributed by atoms with Crippen LogP contribution in [0.5, 0.6) is 0 Å². The minimum absolute atomic E-state index is 0.124. The van der Waals surface area contributed by atoms with Crippen LogP contribution in [0.3, 0.4) is 0 Å². The fourth-order valence-corrected chi connectivity index (χ4v) is 1.71. The fraction of sp³-hybridized carbons (Fsp3) is 0.800. The van der Waals surface area contributed by atoms with E-state index in [-0.39, 0.29) is 4.76 Å². The molecule has 0 rings (SSSR count). The summed E-state index contributed by atoms with van der Waals surface area (Å²) in [5.74, 6) is 0.415. The van der Waals surface area contributed by atoms with Gasteiger partial charge < -0.3 is 0 Å². The molecule has 0 aliphatic heterocycles. The van der Waals surface area contributed by atoms with Gasteiger partial charge in [0.05, 0.1) is 0 Å². The first-order chi connectivity index (χ1) is 4.54. The molecule has 0 unspecified atom stereocenters. The average molecular weight is 336 g/mol. The molecule has 0 radical (unpaired) electrons. The van der Waals surface area contributed by atoms with E-state index in [0.717, 1.165) is 0 Å². The van der Waals surface area contributed by atoms with Crippen LogP contribution in [0, 0.1) is 5.92 Å². The number of halogens is 2. The molecule has 0 aliphatic rings. The van der Waals surface area contributed by atoms with E-state index in [1.807, 2.05) is 13.8 Å². The fourth-order valence-electron chi connectivity index (χ4n) is 0.287. The predicted octanol–water partition coefficient (Wildman–Crippen LogP) is 2.64. The van der Waals surface area contributed by atoms with E-state index in [0.29, 0.717) is 12.5 Å². The molecule has 0 atom stereocenters. The second kappa shape index (κ2) is 5.61. The van der Waals surface area contributed by atoms with Gasteiger partial charge in [-0.15, -0.1) is 0 Å². The molecule has 0 aromatic heterocycles. The molecule has 10 heavy (non-hydrogen) atoms. The van der Waals surface area contributed by atoms with Crippen LogP contribution in [0.15, 0.2) is 0 Å². The number of carbonyl (C=O) groups is 1. The Bertz CT molecular complexity index is 116. The molecule has 0 aromatic carbocycles. The van der Waals surface area contributed by atoms with Gasteiger partial charge >= 0.3 is 79.4 Å². The molecule has 5 heteroatoms. The molecule has 0 bridgehead atoms. The van der Waals surface area contributed by atoms with E-state index < -0.39 is 10.9 Å². The zero-order valence-corrected chi connectivity index (χ0v) is 10.9. The number of hydrogen-bond acceptors (Lipinski definition) is 2. The van der Waals surface area contributed by atoms with Crippen LogP contribution in [-0.2, 0) is 4.74 Å². The summed E-state index contributed by atoms with van der Waals surface area (Å²) in [6, 6.07) is 0. The Morgan fingerprint density at radius 2 is 2.10 bits per heavy atom. The molecule has 0 spiro atoms. The molecular formula is C5H9AsBr2O2. The predicted molar refractivity (Wildman–Crippen MR) is 49.8 cm³/mol. The van der Waals surface area contributed by atoms with Crippen molar-refractivity contribution in [2.45, 2.75) is 13.8 Å². The van der Waals surface area contributed by atoms with Gasteiger partial charge in [0, 0.05) is 0 Å². The van der Waals surface area contributed by atoms with Crippen LogP contribution in [0.1, 0.15) is 13.8 Å². The molecule has 2 nitrogen and oxygen atoms in total. The number of ether oxygens (including phenoxy) is 1. The van der Waals surface area contributed by atoms with Gasteiger partial charge in [0.2, 0.25) is 0 Å². The van der Waals surface area contributed by atoms with Crippen LogP contribution in [0.25, 0.3) is 0 Å². The molecule has 0 aliphatic carbocycles. The molecule has 0 saturated heterocycles. The van der Waals surface area contributed by atoms with Crippen molar-refractivity contribution in [3.63, 3.8) is 0 Å². The molecular weight excluding hydrogens is 327 g/mol. The monoisotopic (exact) mass is 334 g/mol. The average Bonchev–Trinajstić information content (AvgIpc) is 1.82. The zero-order valence-electron chi connectivity index (χ0n) is 5.80. The van der Waals surface area contributed by atoms with Crippen LogP contribution < -0.4 is 0 Å². The van der Waals surface area contributed by atoms with E-state index in [1.165, 1.54) is 0 Å². The van der Waals surface area contributed by atoms with Crippen LogP contribution >= 0.6 is 27.9 Å². The van der Waals surface area contributed by atoms with Crippen molar-refractivity contribution in [3.8, 4) is 0 Å². The number of carbonyl (C=O) groups excluding carboxylic acids is 1. The summed E-state index contributed by atoms with van der Waals surface area (Å²) in [6.45, 7) is 4.53. The third-order valence-electron chi connectivity index (χ3n) is 0.678. The Kier molecular flexibility index (Phi) is 6.17. The summed E-state index contributed by atoms with van der Waals surface area (Å²) in [5, 5.41) is 0. The van der Waals surface area contributed by atoms with Gasteiger partial charge in [0.15, 0.2) is 0 Å². The summed E-state index contributed by atoms with van der Waals surface area (Å²) in [6.07, 6.45) is 0. The summed E-state index contributed by atoms with van der Waals surface area (Å²) >= 11 is 6.36. The van der Waals surface area contributed by atoms with Gasteiger partial charge in [-0.2, -0.15) is 0 Å². The Morgan fingerprint density at radius 1 is 1.60 bits per heavy atom. The van der Waals surface area contributed by atoms with Crippen LogP contribution in [0.2, 0.25) is 0 Å². The molecule has 0 saturated carbocycles. The van der Waals surface area contributed by atoms with Crippen molar-refractivity contribution >= 4 is 43.5 Å². The van der Waals surface area contributed by atoms with Gasteiger partial charge in [-0.25, -0.2) is 0 Å². The first-order valence-corrected chi connectivity index (χ1v) is 12.5. The van der Waals surface area contributed by atoms with Crippen molar-refractivity contribution in [1.82, 2.24) is 0 Å². The van der Waals surface area contributed by atoms with Crippen molar-refractivity contribution in [2.75, 3.05) is 6.61 Å². The Labute approximate surface area is 79.1 Å². The maximum atomic E-state index is 10.8. The topological polar surface area (TPSA) is 26.3 Å². The Hall–Kier alpha value is 0.988. The third-order valence-corrected chi connectivity index (χ3v) is 4.54. The molecule has 0 heterocycles. The Morgan fingerprint density at radius 3 is 2.40 bits per heavy atom. The summed E-state index contributed by atoms with van der Waals surface area (Å²) in [7, 11) is -1.62. The maximum absolute atomic E-state index is 10.8. The van der Waals surface area contributed by atoms with Crippen LogP contribution in [0.4, 0.5) is 4.79 Å². The number of rotatable bonds is 3. The van der Waals surface area contributed by atoms with Crippen molar-refractivity contribution < 1.29 is 9.53 Å². The first kappa shape index (κ1) is 11.0. The molecule has 60 valence electrons. The quantitative estimate of drug-likeness (QED) is 0.741. The summed E-state index contributed by atoms with van der Waals surface area (Å²) < 4.78 is 4.77. The molecule has 0 fully saturated rings. The molecule has 0 N–H and O–H groups in total. The van der Waals surface area contributed by atoms with E-state index in [1.54, 1.807) is 0 Å². The molecule has 0 amide bonds. The van der Waals surface area contributed by atoms with Gasteiger partial charge in [-0.3, -0.25) is 0 Å². The minimum atomic E-state index is -1.62. The van der Waals surface area contributed by atoms with E-state index >= 15 is 0 Å². The standard InChI is InChI=1S/C5H9AsBr2O2/c1-4(2)3-10-5(9)6(7)8/h4H,3H2,1-2H3. The Balaban J connectivity index is 3.40. The van der Waals surface area contributed by atoms with E-state index in [9.17, 15) is 4.79 Å². The summed E-state index contributed by atoms with van der Waals surface area (Å²) in [4.78, 5) is 10.8. The zero-order chi connectivity index (χ0) is 8.15. The van der Waals surface area contributed by atoms with Gasteiger partial charge in [0.1, 0.15) is 0 Å². The van der Waals surface area contributed by atoms with Gasteiger partial charge in [0.25, 0.3) is 0 Å². The van der Waals surface area contributed by atoms with Crippen molar-refractivity contribution in [3.05, 3.63) is 0 Å². The SMILES string of the molecule is CC(C)COC(=O)[As](Br)Br. The second-order valence-corrected chi connectivity index (χ2v) is 16.3. The second-order valence-electron chi connectivity index (χ2n) is 2.20. The number of hydrogen-bond donors (Lipinski definition) is 0. The van der Waals surface area contributed by atoms with E-state index in [4.69, 9.17) is 4.74 Å². The molecule has 0 aromatic rings. The van der Waals surface area contributed by atoms with Gasteiger partial charge in [-0.1, -0.05) is 0 Å². The van der Waals surface area contributed by atoms with Gasteiger partial charge in [-0.05, 0) is 0 Å². The van der Waals surface area contributed by atoms with Crippen LogP contribution in [-0.4, -0.2) is 22.3 Å².